The molecule has 0 unspecified atom stereocenters. The molecule has 0 spiro atoms. The van der Waals surface area contributed by atoms with Crippen LogP contribution < -0.4 is 10.6 Å². The van der Waals surface area contributed by atoms with Crippen LogP contribution in [0.3, 0.4) is 0 Å². The van der Waals surface area contributed by atoms with Gasteiger partial charge in [-0.05, 0) is 30.9 Å². The lowest BCUT2D eigenvalue weighted by Crippen LogP contribution is -2.21. The topological polar surface area (TPSA) is 29.3 Å². The van der Waals surface area contributed by atoms with Gasteiger partial charge >= 0.3 is 0 Å². The largest absolute Gasteiger partial charge is 0.395 e. The highest BCUT2D eigenvalue weighted by Gasteiger charge is 2.23. The molecule has 0 amide bonds. The molecule has 0 atom stereocenters. The molecule has 14 heavy (non-hydrogen) atoms. The second-order valence-electron chi connectivity index (χ2n) is 4.00. The summed E-state index contributed by atoms with van der Waals surface area (Å²) in [6.07, 6.45) is 2.58. The molecule has 1 aromatic rings. The van der Waals surface area contributed by atoms with Crippen molar-refractivity contribution in [2.75, 3.05) is 24.2 Å². The number of rotatable bonds is 3. The molecule has 1 fully saturated rings. The van der Waals surface area contributed by atoms with E-state index in [4.69, 9.17) is 5.73 Å². The van der Waals surface area contributed by atoms with E-state index in [-0.39, 0.29) is 11.5 Å². The van der Waals surface area contributed by atoms with Crippen LogP contribution in [0.1, 0.15) is 12.8 Å². The number of benzene rings is 1. The highest BCUT2D eigenvalue weighted by molar-refractivity contribution is 5.67. The molecular weight excluding hydrogens is 179 g/mol. The minimum absolute atomic E-state index is 0.260. The van der Waals surface area contributed by atoms with Gasteiger partial charge in [0.15, 0.2) is 0 Å². The van der Waals surface area contributed by atoms with Gasteiger partial charge in [-0.25, -0.2) is 4.39 Å². The van der Waals surface area contributed by atoms with Gasteiger partial charge in [-0.1, -0.05) is 6.07 Å². The van der Waals surface area contributed by atoms with Crippen LogP contribution >= 0.6 is 0 Å². The number of hydrogen-bond acceptors (Lipinski definition) is 2. The molecule has 3 heteroatoms. The van der Waals surface area contributed by atoms with Crippen molar-refractivity contribution in [1.82, 2.24) is 0 Å². The van der Waals surface area contributed by atoms with E-state index in [0.717, 1.165) is 18.2 Å². The Morgan fingerprint density at radius 2 is 2.21 bits per heavy atom. The molecule has 1 aliphatic rings. The highest BCUT2D eigenvalue weighted by atomic mass is 19.1. The van der Waals surface area contributed by atoms with Crippen LogP contribution in [0.25, 0.3) is 0 Å². The van der Waals surface area contributed by atoms with Crippen molar-refractivity contribution < 1.29 is 4.39 Å². The molecule has 0 radical (unpaired) electrons. The van der Waals surface area contributed by atoms with Gasteiger partial charge in [-0.15, -0.1) is 0 Å². The maximum absolute atomic E-state index is 13.1. The van der Waals surface area contributed by atoms with Gasteiger partial charge in [0.05, 0.1) is 11.4 Å². The number of hydrogen-bond donors (Lipinski definition) is 1. The average Bonchev–Trinajstić information content (AvgIpc) is 2.93. The summed E-state index contributed by atoms with van der Waals surface area (Å²) >= 11 is 0. The lowest BCUT2D eigenvalue weighted by molar-refractivity contribution is 0.631. The van der Waals surface area contributed by atoms with Crippen LogP contribution in [0, 0.1) is 11.7 Å². The fourth-order valence-corrected chi connectivity index (χ4v) is 1.64. The maximum Gasteiger partial charge on any atom is 0.148 e. The predicted octanol–water partition coefficient (Wildman–Crippen LogP) is 2.25. The van der Waals surface area contributed by atoms with Crippen molar-refractivity contribution in [2.24, 2.45) is 5.92 Å². The first-order valence-corrected chi connectivity index (χ1v) is 4.93. The molecule has 76 valence electrons. The first-order valence-electron chi connectivity index (χ1n) is 4.93. The molecular formula is C11H15FN2. The van der Waals surface area contributed by atoms with Crippen molar-refractivity contribution >= 4 is 11.4 Å². The third-order valence-corrected chi connectivity index (χ3v) is 2.67. The van der Waals surface area contributed by atoms with Gasteiger partial charge in [-0.2, -0.15) is 0 Å². The third-order valence-electron chi connectivity index (χ3n) is 2.67. The van der Waals surface area contributed by atoms with Gasteiger partial charge < -0.3 is 10.6 Å². The van der Waals surface area contributed by atoms with Crippen LogP contribution in [0.2, 0.25) is 0 Å². The fraction of sp³-hybridized carbons (Fsp3) is 0.455. The Balaban J connectivity index is 2.16. The molecule has 0 aliphatic heterocycles. The SMILES string of the molecule is CN(CC1CC1)c1cccc(F)c1N. The molecule has 1 aliphatic carbocycles. The summed E-state index contributed by atoms with van der Waals surface area (Å²) < 4.78 is 13.1. The Bertz CT molecular complexity index is 334. The van der Waals surface area contributed by atoms with Crippen molar-refractivity contribution in [3.63, 3.8) is 0 Å². The van der Waals surface area contributed by atoms with E-state index in [0.29, 0.717) is 0 Å². The summed E-state index contributed by atoms with van der Waals surface area (Å²) in [5, 5.41) is 0. The smallest absolute Gasteiger partial charge is 0.148 e. The normalized spacial score (nSPS) is 15.6. The standard InChI is InChI=1S/C11H15FN2/c1-14(7-8-5-6-8)10-4-2-3-9(12)11(10)13/h2-4,8H,5-7,13H2,1H3. The van der Waals surface area contributed by atoms with Crippen molar-refractivity contribution in [3.8, 4) is 0 Å². The third kappa shape index (κ3) is 1.81. The second-order valence-corrected chi connectivity index (χ2v) is 4.00. The summed E-state index contributed by atoms with van der Waals surface area (Å²) in [6.45, 7) is 0.980. The van der Waals surface area contributed by atoms with Crippen LogP contribution in [-0.2, 0) is 0 Å². The minimum Gasteiger partial charge on any atom is -0.395 e. The van der Waals surface area contributed by atoms with E-state index in [1.54, 1.807) is 6.07 Å². The lowest BCUT2D eigenvalue weighted by atomic mass is 10.2. The predicted molar refractivity (Wildman–Crippen MR) is 56.8 cm³/mol. The first kappa shape index (κ1) is 9.31. The number of nitrogens with zero attached hydrogens (tertiary/aromatic N) is 1. The molecule has 0 heterocycles. The van der Waals surface area contributed by atoms with Gasteiger partial charge in [-0.3, -0.25) is 0 Å². The highest BCUT2D eigenvalue weighted by Crippen LogP contribution is 2.32. The van der Waals surface area contributed by atoms with Gasteiger partial charge in [0, 0.05) is 13.6 Å². The Kier molecular flexibility index (Phi) is 2.32. The zero-order valence-corrected chi connectivity index (χ0v) is 8.33. The number of anilines is 2. The molecule has 2 nitrogen and oxygen atoms in total. The van der Waals surface area contributed by atoms with Gasteiger partial charge in [0.25, 0.3) is 0 Å². The van der Waals surface area contributed by atoms with Gasteiger partial charge in [0.2, 0.25) is 0 Å². The van der Waals surface area contributed by atoms with E-state index < -0.39 is 0 Å². The molecule has 2 N–H and O–H groups in total. The Labute approximate surface area is 83.5 Å². The van der Waals surface area contributed by atoms with Crippen LogP contribution in [0.5, 0.6) is 0 Å². The van der Waals surface area contributed by atoms with Crippen molar-refractivity contribution in [1.29, 1.82) is 0 Å². The van der Waals surface area contributed by atoms with Crippen molar-refractivity contribution in [3.05, 3.63) is 24.0 Å². The number of para-hydroxylation sites is 1. The number of nitrogens with two attached hydrogens (primary N) is 1. The van der Waals surface area contributed by atoms with E-state index in [2.05, 4.69) is 0 Å². The minimum atomic E-state index is -0.329. The molecule has 0 aromatic heterocycles. The molecule has 2 rings (SSSR count). The summed E-state index contributed by atoms with van der Waals surface area (Å²) in [7, 11) is 1.96. The summed E-state index contributed by atoms with van der Waals surface area (Å²) in [5.74, 6) is 0.452. The van der Waals surface area contributed by atoms with Crippen LogP contribution in [0.4, 0.5) is 15.8 Å². The Hall–Kier alpha value is -1.25. The zero-order chi connectivity index (χ0) is 10.1. The molecule has 1 aromatic carbocycles. The Morgan fingerprint density at radius 1 is 1.50 bits per heavy atom. The second kappa shape index (κ2) is 3.48. The van der Waals surface area contributed by atoms with Crippen LogP contribution in [-0.4, -0.2) is 13.6 Å². The van der Waals surface area contributed by atoms with E-state index in [1.807, 2.05) is 18.0 Å². The summed E-state index contributed by atoms with van der Waals surface area (Å²) in [6, 6.07) is 4.95. The van der Waals surface area contributed by atoms with Crippen LogP contribution in [0.15, 0.2) is 18.2 Å². The summed E-state index contributed by atoms with van der Waals surface area (Å²) in [4.78, 5) is 2.04. The number of nitrogen functional groups attached to an aromatic ring is 1. The molecule has 1 saturated carbocycles. The molecule has 0 bridgehead atoms. The van der Waals surface area contributed by atoms with Crippen molar-refractivity contribution in [2.45, 2.75) is 12.8 Å². The van der Waals surface area contributed by atoms with Gasteiger partial charge in [0.1, 0.15) is 5.82 Å². The summed E-state index contributed by atoms with van der Waals surface area (Å²) in [5.41, 5.74) is 6.73. The monoisotopic (exact) mass is 194 g/mol. The number of halogens is 1. The Morgan fingerprint density at radius 3 is 2.86 bits per heavy atom. The van der Waals surface area contributed by atoms with E-state index >= 15 is 0 Å². The first-order chi connectivity index (χ1) is 6.68. The average molecular weight is 194 g/mol. The molecule has 0 saturated heterocycles. The zero-order valence-electron chi connectivity index (χ0n) is 8.33. The quantitative estimate of drug-likeness (QED) is 0.748. The maximum atomic E-state index is 13.1. The lowest BCUT2D eigenvalue weighted by Gasteiger charge is -2.20. The van der Waals surface area contributed by atoms with E-state index in [9.17, 15) is 4.39 Å². The fourth-order valence-electron chi connectivity index (χ4n) is 1.64. The van der Waals surface area contributed by atoms with E-state index in [1.165, 1.54) is 18.9 Å².